The van der Waals surface area contributed by atoms with Crippen molar-refractivity contribution >= 4 is 11.6 Å². The molecular weight excluding hydrogens is 140 g/mol. The molecule has 0 heterocycles. The predicted octanol–water partition coefficient (Wildman–Crippen LogP) is 2.63. The van der Waals surface area contributed by atoms with Crippen molar-refractivity contribution in [3.8, 4) is 0 Å². The number of halogens is 4. The van der Waals surface area contributed by atoms with Crippen LogP contribution in [0.3, 0.4) is 0 Å². The van der Waals surface area contributed by atoms with Gasteiger partial charge >= 0.3 is 0 Å². The van der Waals surface area contributed by atoms with Gasteiger partial charge < -0.3 is 0 Å². The Morgan fingerprint density at radius 2 is 1.00 bits per heavy atom. The highest BCUT2D eigenvalue weighted by Crippen LogP contribution is 1.60. The third-order valence-electron chi connectivity index (χ3n) is 0. The van der Waals surface area contributed by atoms with Gasteiger partial charge in [-0.25, -0.2) is 0 Å². The summed E-state index contributed by atoms with van der Waals surface area (Å²) in [7, 11) is 0. The van der Waals surface area contributed by atoms with Gasteiger partial charge in [0.2, 0.25) is 0 Å². The summed E-state index contributed by atoms with van der Waals surface area (Å²) in [5.74, 6) is 0. The smallest absolute Gasteiger partial charge is 0.00296 e. The Bertz CT molecular complexity index is 25.2. The molecular formula is C4H10ClF3. The maximum Gasteiger partial charge on any atom is -0.00296 e. The minimum atomic E-state index is 0. The Morgan fingerprint density at radius 1 is 1.00 bits per heavy atom. The van der Waals surface area contributed by atoms with Crippen molar-refractivity contribution in [1.29, 1.82) is 0 Å². The lowest BCUT2D eigenvalue weighted by Crippen LogP contribution is -0.926. The fraction of sp³-hybridized carbons (Fsp3) is 0. The van der Waals surface area contributed by atoms with E-state index in [1.807, 2.05) is 0 Å². The van der Waals surface area contributed by atoms with Crippen LogP contribution < -0.4 is 0 Å². The molecule has 0 atom stereocenters. The van der Waals surface area contributed by atoms with Crippen LogP contribution in [-0.2, 0) is 0 Å². The van der Waals surface area contributed by atoms with Gasteiger partial charge in [0.25, 0.3) is 0 Å². The third kappa shape index (κ3) is 597. The molecule has 0 bridgehead atoms. The molecule has 0 unspecified atom stereocenters. The molecule has 0 fully saturated rings. The molecule has 4 heteroatoms. The van der Waals surface area contributed by atoms with E-state index in [-0.39, 0.29) is 14.1 Å². The molecule has 0 aliphatic carbocycles. The monoisotopic (exact) mass is 150 g/mol. The first kappa shape index (κ1) is 49.6. The average Bonchev–Trinajstić information content (AvgIpc) is 1.46. The minimum Gasteiger partial charge on any atom is -0.269 e. The van der Waals surface area contributed by atoms with Crippen LogP contribution in [0.4, 0.5) is 14.1 Å². The summed E-state index contributed by atoms with van der Waals surface area (Å²) in [6, 6.07) is 0. The highest BCUT2D eigenvalue weighted by molar-refractivity contribution is 6.25. The molecule has 0 aromatic rings. The van der Waals surface area contributed by atoms with Crippen LogP contribution in [0.25, 0.3) is 0 Å². The maximum atomic E-state index is 4.76. The van der Waals surface area contributed by atoms with E-state index in [1.165, 1.54) is 5.54 Å². The minimum absolute atomic E-state index is 0. The molecule has 0 aromatic carbocycles. The molecule has 0 rings (SSSR count). The lowest BCUT2D eigenvalue weighted by Gasteiger charge is -1.27. The molecule has 0 nitrogen and oxygen atoms in total. The molecule has 0 aromatic heterocycles. The Balaban J connectivity index is -0.00000000567. The van der Waals surface area contributed by atoms with Crippen molar-refractivity contribution in [2.24, 2.45) is 0 Å². The Hall–Kier alpha value is -0.440. The van der Waals surface area contributed by atoms with Gasteiger partial charge in [-0.2, -0.15) is 0 Å². The van der Waals surface area contributed by atoms with Crippen LogP contribution in [-0.4, -0.2) is 0 Å². The maximum absolute atomic E-state index is 4.76. The first-order valence-electron chi connectivity index (χ1n) is 1.13. The second-order valence-corrected chi connectivity index (χ2v) is 0.463. The van der Waals surface area contributed by atoms with Gasteiger partial charge in [0, 0.05) is 0 Å². The molecule has 0 amide bonds. The lowest BCUT2D eigenvalue weighted by atomic mass is 11.3. The largest absolute Gasteiger partial charge is 0.269 e. The van der Waals surface area contributed by atoms with Gasteiger partial charge in [0.1, 0.15) is 0 Å². The van der Waals surface area contributed by atoms with Crippen molar-refractivity contribution in [3.63, 3.8) is 0 Å². The van der Waals surface area contributed by atoms with Crippen molar-refractivity contribution in [2.45, 2.75) is 0 Å². The summed E-state index contributed by atoms with van der Waals surface area (Å²) in [4.78, 5) is 0. The number of hydrogen-bond acceptors (Lipinski definition) is 0. The normalized spacial score (nSPS) is 2.12. The average molecular weight is 151 g/mol. The summed E-state index contributed by atoms with van der Waals surface area (Å²) in [6.07, 6.45) is 0. The van der Waals surface area contributed by atoms with Crippen LogP contribution in [0, 0.1) is 0 Å². The van der Waals surface area contributed by atoms with Crippen molar-refractivity contribution in [3.05, 3.63) is 25.3 Å². The van der Waals surface area contributed by atoms with Crippen molar-refractivity contribution < 1.29 is 14.1 Å². The summed E-state index contributed by atoms with van der Waals surface area (Å²) < 4.78 is 0. The van der Waals surface area contributed by atoms with Crippen molar-refractivity contribution in [1.82, 2.24) is 0 Å². The molecule has 0 aliphatic rings. The fourth-order valence-electron chi connectivity index (χ4n) is 0. The van der Waals surface area contributed by atoms with E-state index in [2.05, 4.69) is 19.7 Å². The molecule has 0 radical (unpaired) electrons. The van der Waals surface area contributed by atoms with Crippen LogP contribution in [0.15, 0.2) is 25.3 Å². The Labute approximate surface area is 51.9 Å². The SMILES string of the molecule is C=C.C=CCl.F.F.F. The van der Waals surface area contributed by atoms with E-state index in [9.17, 15) is 0 Å². The van der Waals surface area contributed by atoms with Gasteiger partial charge in [-0.05, 0) is 5.54 Å². The first-order chi connectivity index (χ1) is 2.41. The molecule has 0 saturated carbocycles. The highest BCUT2D eigenvalue weighted by Gasteiger charge is 1.18. The molecule has 54 valence electrons. The predicted molar refractivity (Wildman–Crippen MR) is 34.8 cm³/mol. The van der Waals surface area contributed by atoms with E-state index >= 15 is 0 Å². The van der Waals surface area contributed by atoms with Gasteiger partial charge in [0.05, 0.1) is 0 Å². The van der Waals surface area contributed by atoms with E-state index in [1.54, 1.807) is 0 Å². The second-order valence-electron chi connectivity index (χ2n) is 0.154. The van der Waals surface area contributed by atoms with Gasteiger partial charge in [-0.3, -0.25) is 14.1 Å². The van der Waals surface area contributed by atoms with E-state index in [0.717, 1.165) is 0 Å². The molecule has 0 aliphatic heterocycles. The molecule has 0 saturated heterocycles. The second kappa shape index (κ2) is 647. The van der Waals surface area contributed by atoms with Gasteiger partial charge in [0.15, 0.2) is 0 Å². The van der Waals surface area contributed by atoms with E-state index in [0.29, 0.717) is 0 Å². The number of rotatable bonds is 0. The Kier molecular flexibility index (Phi) is 4010. The summed E-state index contributed by atoms with van der Waals surface area (Å²) in [6.45, 7) is 9.13. The van der Waals surface area contributed by atoms with Crippen LogP contribution in [0.2, 0.25) is 0 Å². The highest BCUT2D eigenvalue weighted by atomic mass is 35.5. The number of hydrogen-bond donors (Lipinski definition) is 0. The zero-order valence-corrected chi connectivity index (χ0v) is 5.06. The first-order valence-corrected chi connectivity index (χ1v) is 1.56. The van der Waals surface area contributed by atoms with E-state index in [4.69, 9.17) is 11.6 Å². The lowest BCUT2D eigenvalue weighted by molar-refractivity contribution is 1.11. The zero-order valence-electron chi connectivity index (χ0n) is 4.30. The van der Waals surface area contributed by atoms with E-state index < -0.39 is 0 Å². The zero-order chi connectivity index (χ0) is 4.71. The Morgan fingerprint density at radius 3 is 1.00 bits per heavy atom. The van der Waals surface area contributed by atoms with Gasteiger partial charge in [-0.15, -0.1) is 13.2 Å². The van der Waals surface area contributed by atoms with Crippen LogP contribution >= 0.6 is 11.6 Å². The standard InChI is InChI=1S/C2H3Cl.C2H4.3FH/c1-2-3;1-2;;;/h2H,1H2;1-2H2;3*1H. The summed E-state index contributed by atoms with van der Waals surface area (Å²) in [5, 5.41) is 0. The third-order valence-corrected chi connectivity index (χ3v) is 0. The summed E-state index contributed by atoms with van der Waals surface area (Å²) >= 11 is 4.76. The fourth-order valence-corrected chi connectivity index (χ4v) is 0. The molecule has 0 spiro atoms. The topological polar surface area (TPSA) is 0 Å². The molecule has 0 N–H and O–H groups in total. The van der Waals surface area contributed by atoms with Crippen molar-refractivity contribution in [2.75, 3.05) is 0 Å². The van der Waals surface area contributed by atoms with Gasteiger partial charge in [-0.1, -0.05) is 18.2 Å². The van der Waals surface area contributed by atoms with Crippen LogP contribution in [0.5, 0.6) is 0 Å². The summed E-state index contributed by atoms with van der Waals surface area (Å²) in [5.41, 5.74) is 1.22. The quantitative estimate of drug-likeness (QED) is 0.466. The van der Waals surface area contributed by atoms with Crippen LogP contribution in [0.1, 0.15) is 0 Å². The molecule has 8 heavy (non-hydrogen) atoms.